The van der Waals surface area contributed by atoms with Crippen molar-refractivity contribution in [2.45, 2.75) is 6.18 Å². The highest BCUT2D eigenvalue weighted by atomic mass is 35.5. The summed E-state index contributed by atoms with van der Waals surface area (Å²) >= 11 is 5.85. The lowest BCUT2D eigenvalue weighted by molar-refractivity contribution is -0.137. The maximum atomic E-state index is 12.7. The van der Waals surface area contributed by atoms with Crippen molar-refractivity contribution < 1.29 is 17.9 Å². The monoisotopic (exact) mass is 317 g/mol. The number of nitrogens with zero attached hydrogens (tertiary/aromatic N) is 1. The number of anilines is 3. The Kier molecular flexibility index (Phi) is 4.13. The minimum absolute atomic E-state index is 0.0529. The van der Waals surface area contributed by atoms with E-state index in [1.54, 1.807) is 12.1 Å². The van der Waals surface area contributed by atoms with Crippen LogP contribution in [0.15, 0.2) is 30.3 Å². The first-order valence-electron chi connectivity index (χ1n) is 5.75. The third-order valence-electron chi connectivity index (χ3n) is 2.60. The predicted octanol–water partition coefficient (Wildman–Crippen LogP) is 4.09. The van der Waals surface area contributed by atoms with Gasteiger partial charge in [0.2, 0.25) is 0 Å². The second-order valence-electron chi connectivity index (χ2n) is 4.13. The van der Waals surface area contributed by atoms with E-state index in [-0.39, 0.29) is 11.6 Å². The molecule has 112 valence electrons. The maximum Gasteiger partial charge on any atom is 0.416 e. The van der Waals surface area contributed by atoms with Crippen molar-refractivity contribution >= 4 is 28.9 Å². The number of halogens is 4. The quantitative estimate of drug-likeness (QED) is 0.895. The molecule has 0 amide bonds. The van der Waals surface area contributed by atoms with Gasteiger partial charge >= 0.3 is 6.18 Å². The minimum atomic E-state index is -4.51. The summed E-state index contributed by atoms with van der Waals surface area (Å²) < 4.78 is 43.3. The third-order valence-corrected chi connectivity index (χ3v) is 2.83. The Bertz CT molecular complexity index is 662. The normalized spacial score (nSPS) is 11.3. The SMILES string of the molecule is COc1ccc(Cl)cc1Nc1cc(C(F)(F)F)cc(N)n1. The molecule has 0 bridgehead atoms. The van der Waals surface area contributed by atoms with E-state index in [1.807, 2.05) is 0 Å². The van der Waals surface area contributed by atoms with Gasteiger partial charge in [0, 0.05) is 5.02 Å². The van der Waals surface area contributed by atoms with Gasteiger partial charge in [0.1, 0.15) is 17.4 Å². The van der Waals surface area contributed by atoms with E-state index in [2.05, 4.69) is 10.3 Å². The molecular weight excluding hydrogens is 307 g/mol. The number of pyridine rings is 1. The van der Waals surface area contributed by atoms with E-state index in [9.17, 15) is 13.2 Å². The van der Waals surface area contributed by atoms with Crippen molar-refractivity contribution in [2.75, 3.05) is 18.2 Å². The lowest BCUT2D eigenvalue weighted by Crippen LogP contribution is -2.08. The van der Waals surface area contributed by atoms with Crippen molar-refractivity contribution in [3.05, 3.63) is 40.9 Å². The smallest absolute Gasteiger partial charge is 0.416 e. The fraction of sp³-hybridized carbons (Fsp3) is 0.154. The molecule has 21 heavy (non-hydrogen) atoms. The Labute approximate surface area is 123 Å². The molecule has 2 aromatic rings. The van der Waals surface area contributed by atoms with Gasteiger partial charge in [-0.05, 0) is 30.3 Å². The number of alkyl halides is 3. The van der Waals surface area contributed by atoms with Crippen molar-refractivity contribution in [2.24, 2.45) is 0 Å². The molecule has 1 heterocycles. The van der Waals surface area contributed by atoms with Crippen LogP contribution in [0, 0.1) is 0 Å². The number of methoxy groups -OCH3 is 1. The zero-order valence-electron chi connectivity index (χ0n) is 10.8. The molecule has 3 N–H and O–H groups in total. The van der Waals surface area contributed by atoms with Gasteiger partial charge in [-0.1, -0.05) is 11.6 Å². The molecule has 0 aliphatic carbocycles. The molecule has 2 rings (SSSR count). The number of benzene rings is 1. The first-order valence-corrected chi connectivity index (χ1v) is 6.12. The summed E-state index contributed by atoms with van der Waals surface area (Å²) in [6, 6.07) is 6.32. The number of ether oxygens (including phenoxy) is 1. The summed E-state index contributed by atoms with van der Waals surface area (Å²) in [6.45, 7) is 0. The number of nitrogens with two attached hydrogens (primary N) is 1. The van der Waals surface area contributed by atoms with Gasteiger partial charge in [0.05, 0.1) is 18.4 Å². The van der Waals surface area contributed by atoms with E-state index in [0.29, 0.717) is 16.5 Å². The van der Waals surface area contributed by atoms with Crippen LogP contribution in [-0.4, -0.2) is 12.1 Å². The second-order valence-corrected chi connectivity index (χ2v) is 4.57. The highest BCUT2D eigenvalue weighted by molar-refractivity contribution is 6.31. The molecule has 0 saturated carbocycles. The van der Waals surface area contributed by atoms with Gasteiger partial charge in [-0.15, -0.1) is 0 Å². The molecule has 0 spiro atoms. The summed E-state index contributed by atoms with van der Waals surface area (Å²) in [5.41, 5.74) is 4.90. The van der Waals surface area contributed by atoms with Gasteiger partial charge < -0.3 is 15.8 Å². The van der Waals surface area contributed by atoms with Crippen LogP contribution in [0.3, 0.4) is 0 Å². The average molecular weight is 318 g/mol. The van der Waals surface area contributed by atoms with E-state index in [1.165, 1.54) is 13.2 Å². The highest BCUT2D eigenvalue weighted by Gasteiger charge is 2.31. The summed E-state index contributed by atoms with van der Waals surface area (Å²) in [5, 5.41) is 3.12. The van der Waals surface area contributed by atoms with Gasteiger partial charge in [-0.3, -0.25) is 0 Å². The molecule has 1 aromatic heterocycles. The second kappa shape index (κ2) is 5.69. The van der Waals surface area contributed by atoms with Crippen LogP contribution in [0.1, 0.15) is 5.56 Å². The topological polar surface area (TPSA) is 60.2 Å². The standard InChI is InChI=1S/C13H11ClF3N3O/c1-21-10-3-2-8(14)6-9(10)19-12-5-7(13(15,16)17)4-11(18)20-12/h2-6H,1H3,(H3,18,19,20). The molecular formula is C13H11ClF3N3O. The minimum Gasteiger partial charge on any atom is -0.495 e. The maximum absolute atomic E-state index is 12.7. The summed E-state index contributed by atoms with van der Waals surface area (Å²) in [6.07, 6.45) is -4.51. The predicted molar refractivity (Wildman–Crippen MR) is 74.9 cm³/mol. The van der Waals surface area contributed by atoms with Gasteiger partial charge in [0.15, 0.2) is 0 Å². The summed E-state index contributed by atoms with van der Waals surface area (Å²) in [4.78, 5) is 3.82. The van der Waals surface area contributed by atoms with Crippen molar-refractivity contribution in [3.8, 4) is 5.75 Å². The van der Waals surface area contributed by atoms with Crippen LogP contribution in [-0.2, 0) is 6.18 Å². The first kappa shape index (κ1) is 15.2. The Balaban J connectivity index is 2.40. The number of rotatable bonds is 3. The molecule has 0 saturated heterocycles. The molecule has 0 radical (unpaired) electrons. The summed E-state index contributed by atoms with van der Waals surface area (Å²) in [5.74, 6) is 0.119. The van der Waals surface area contributed by atoms with Gasteiger partial charge in [0.25, 0.3) is 0 Å². The first-order chi connectivity index (χ1) is 9.79. The Morgan fingerprint density at radius 2 is 1.95 bits per heavy atom. The fourth-order valence-corrected chi connectivity index (χ4v) is 1.87. The van der Waals surface area contributed by atoms with Crippen molar-refractivity contribution in [1.82, 2.24) is 4.98 Å². The Hall–Kier alpha value is -2.15. The van der Waals surface area contributed by atoms with Crippen LogP contribution < -0.4 is 15.8 Å². The fourth-order valence-electron chi connectivity index (χ4n) is 1.70. The third kappa shape index (κ3) is 3.69. The zero-order chi connectivity index (χ0) is 15.6. The number of nitrogen functional groups attached to an aromatic ring is 1. The Morgan fingerprint density at radius 1 is 1.24 bits per heavy atom. The number of nitrogens with one attached hydrogen (secondary N) is 1. The summed E-state index contributed by atoms with van der Waals surface area (Å²) in [7, 11) is 1.43. The Morgan fingerprint density at radius 3 is 2.57 bits per heavy atom. The molecule has 0 aliphatic rings. The van der Waals surface area contributed by atoms with Crippen LogP contribution in [0.5, 0.6) is 5.75 Å². The van der Waals surface area contributed by atoms with E-state index in [0.717, 1.165) is 12.1 Å². The molecule has 8 heteroatoms. The van der Waals surface area contributed by atoms with Crippen molar-refractivity contribution in [1.29, 1.82) is 0 Å². The van der Waals surface area contributed by atoms with E-state index >= 15 is 0 Å². The van der Waals surface area contributed by atoms with Gasteiger partial charge in [-0.25, -0.2) is 4.98 Å². The van der Waals surface area contributed by atoms with Gasteiger partial charge in [-0.2, -0.15) is 13.2 Å². The molecule has 0 fully saturated rings. The largest absolute Gasteiger partial charge is 0.495 e. The number of hydrogen-bond acceptors (Lipinski definition) is 4. The molecule has 0 unspecified atom stereocenters. The van der Waals surface area contributed by atoms with E-state index in [4.69, 9.17) is 22.1 Å². The number of hydrogen-bond donors (Lipinski definition) is 2. The van der Waals surface area contributed by atoms with Crippen LogP contribution in [0.4, 0.5) is 30.5 Å². The lowest BCUT2D eigenvalue weighted by Gasteiger charge is -2.13. The highest BCUT2D eigenvalue weighted by Crippen LogP contribution is 2.34. The zero-order valence-corrected chi connectivity index (χ0v) is 11.6. The lowest BCUT2D eigenvalue weighted by atomic mass is 10.2. The molecule has 1 aromatic carbocycles. The average Bonchev–Trinajstić information content (AvgIpc) is 2.37. The van der Waals surface area contributed by atoms with Crippen molar-refractivity contribution in [3.63, 3.8) is 0 Å². The molecule has 4 nitrogen and oxygen atoms in total. The van der Waals surface area contributed by atoms with Crippen LogP contribution >= 0.6 is 11.6 Å². The van der Waals surface area contributed by atoms with Crippen LogP contribution in [0.2, 0.25) is 5.02 Å². The van der Waals surface area contributed by atoms with Crippen LogP contribution in [0.25, 0.3) is 0 Å². The molecule has 0 aliphatic heterocycles. The number of aromatic nitrogens is 1. The van der Waals surface area contributed by atoms with E-state index < -0.39 is 11.7 Å². The molecule has 0 atom stereocenters.